The van der Waals surface area contributed by atoms with Crippen LogP contribution in [0.4, 0.5) is 13.2 Å². The molecule has 2 rings (SSSR count). The van der Waals surface area contributed by atoms with E-state index in [9.17, 15) is 18.0 Å². The van der Waals surface area contributed by atoms with E-state index in [4.69, 9.17) is 27.9 Å². The van der Waals surface area contributed by atoms with E-state index in [1.807, 2.05) is 0 Å². The highest BCUT2D eigenvalue weighted by molar-refractivity contribution is 8.00. The van der Waals surface area contributed by atoms with Crippen LogP contribution in [0.3, 0.4) is 0 Å². The molecule has 0 radical (unpaired) electrons. The van der Waals surface area contributed by atoms with Gasteiger partial charge in [-0.3, -0.25) is 4.79 Å². The molecule has 0 spiro atoms. The Hall–Kier alpha value is -1.35. The third-order valence-corrected chi connectivity index (χ3v) is 7.03. The van der Waals surface area contributed by atoms with Gasteiger partial charge in [-0.15, -0.1) is 11.8 Å². The maximum Gasteiger partial charge on any atom is 0.409 e. The molecule has 1 aromatic rings. The third kappa shape index (κ3) is 6.59. The van der Waals surface area contributed by atoms with Gasteiger partial charge in [0.2, 0.25) is 0 Å². The van der Waals surface area contributed by atoms with Crippen LogP contribution >= 0.6 is 46.9 Å². The van der Waals surface area contributed by atoms with Crippen LogP contribution in [0.25, 0.3) is 0 Å². The first-order valence-electron chi connectivity index (χ1n) is 9.34. The molecular formula is C22H22Cl2F3NO2S2. The molecule has 10 heteroatoms. The molecule has 174 valence electrons. The Morgan fingerprint density at radius 1 is 1.38 bits per heavy atom. The summed E-state index contributed by atoms with van der Waals surface area (Å²) in [7, 11) is 0. The molecule has 0 bridgehead atoms. The number of carbonyl (C=O) groups is 1. The van der Waals surface area contributed by atoms with Crippen LogP contribution in [-0.4, -0.2) is 34.0 Å². The molecular weight excluding hydrogens is 502 g/mol. The maximum atomic E-state index is 14.1. The second-order valence-electron chi connectivity index (χ2n) is 7.90. The molecule has 1 aromatic carbocycles. The summed E-state index contributed by atoms with van der Waals surface area (Å²) in [6.07, 6.45) is -2.75. The van der Waals surface area contributed by atoms with Crippen molar-refractivity contribution in [1.82, 2.24) is 0 Å². The van der Waals surface area contributed by atoms with Crippen LogP contribution in [0, 0.1) is 0 Å². The van der Waals surface area contributed by atoms with Gasteiger partial charge in [0.1, 0.15) is 5.60 Å². The van der Waals surface area contributed by atoms with Crippen molar-refractivity contribution in [3.63, 3.8) is 0 Å². The Balaban J connectivity index is 2.23. The number of hydrogen-bond acceptors (Lipinski definition) is 5. The quantitative estimate of drug-likeness (QED) is 0.158. The van der Waals surface area contributed by atoms with Crippen molar-refractivity contribution in [2.45, 2.75) is 48.6 Å². The van der Waals surface area contributed by atoms with E-state index in [1.165, 1.54) is 11.8 Å². The number of carbonyl (C=O) groups excluding carboxylic acids is 1. The molecule has 0 saturated heterocycles. The van der Waals surface area contributed by atoms with Gasteiger partial charge < -0.3 is 4.74 Å². The molecule has 1 aliphatic heterocycles. The van der Waals surface area contributed by atoms with E-state index in [0.717, 1.165) is 12.2 Å². The molecule has 1 unspecified atom stereocenters. The fraction of sp³-hybridized carbons (Fsp3) is 0.364. The lowest BCUT2D eigenvalue weighted by atomic mass is 9.89. The average molecular weight is 524 g/mol. The summed E-state index contributed by atoms with van der Waals surface area (Å²) in [6.45, 7) is 12.3. The van der Waals surface area contributed by atoms with Gasteiger partial charge in [0, 0.05) is 16.3 Å². The number of hydrogen-bond donors (Lipinski definition) is 0. The Labute approximate surface area is 204 Å². The highest BCUT2D eigenvalue weighted by Gasteiger charge is 2.60. The van der Waals surface area contributed by atoms with Gasteiger partial charge in [0.05, 0.1) is 16.5 Å². The van der Waals surface area contributed by atoms with Crippen molar-refractivity contribution >= 4 is 58.6 Å². The average Bonchev–Trinajstić information content (AvgIpc) is 3.10. The minimum atomic E-state index is -4.61. The van der Waals surface area contributed by atoms with Gasteiger partial charge in [0.15, 0.2) is 4.75 Å². The zero-order valence-corrected chi connectivity index (χ0v) is 20.8. The predicted molar refractivity (Wildman–Crippen MR) is 129 cm³/mol. The maximum absolute atomic E-state index is 14.1. The van der Waals surface area contributed by atoms with E-state index in [2.05, 4.69) is 17.6 Å². The number of esters is 1. The minimum Gasteiger partial charge on any atom is -0.459 e. The Morgan fingerprint density at radius 3 is 2.53 bits per heavy atom. The summed E-state index contributed by atoms with van der Waals surface area (Å²) in [5.74, 6) is -0.334. The van der Waals surface area contributed by atoms with Crippen LogP contribution in [0.1, 0.15) is 32.8 Å². The van der Waals surface area contributed by atoms with Crippen LogP contribution in [-0.2, 0) is 9.53 Å². The van der Waals surface area contributed by atoms with Crippen molar-refractivity contribution in [2.24, 2.45) is 4.40 Å². The van der Waals surface area contributed by atoms with E-state index in [0.29, 0.717) is 27.4 Å². The summed E-state index contributed by atoms with van der Waals surface area (Å²) in [6, 6.07) is 4.83. The highest BCUT2D eigenvalue weighted by Crippen LogP contribution is 2.54. The number of nitrogens with zero attached hydrogens (tertiary/aromatic N) is 1. The van der Waals surface area contributed by atoms with Gasteiger partial charge >= 0.3 is 12.1 Å². The normalized spacial score (nSPS) is 19.5. The van der Waals surface area contributed by atoms with Crippen molar-refractivity contribution in [3.8, 4) is 0 Å². The third-order valence-electron chi connectivity index (χ3n) is 4.21. The van der Waals surface area contributed by atoms with Crippen molar-refractivity contribution < 1.29 is 22.7 Å². The van der Waals surface area contributed by atoms with Gasteiger partial charge in [-0.1, -0.05) is 48.5 Å². The number of thioether (sulfide) groups is 1. The molecule has 3 nitrogen and oxygen atoms in total. The lowest BCUT2D eigenvalue weighted by Gasteiger charge is -2.31. The van der Waals surface area contributed by atoms with Crippen LogP contribution in [0.5, 0.6) is 0 Å². The largest absolute Gasteiger partial charge is 0.459 e. The first kappa shape index (κ1) is 26.9. The Bertz CT molecular complexity index is 984. The Kier molecular flexibility index (Phi) is 8.64. The van der Waals surface area contributed by atoms with E-state index >= 15 is 0 Å². The summed E-state index contributed by atoms with van der Waals surface area (Å²) in [5, 5.41) is 0.272. The number of rotatable bonds is 7. The smallest absolute Gasteiger partial charge is 0.409 e. The van der Waals surface area contributed by atoms with E-state index in [1.54, 1.807) is 39.0 Å². The molecule has 0 aliphatic carbocycles. The summed E-state index contributed by atoms with van der Waals surface area (Å²) in [4.78, 5) is 12.5. The molecule has 0 aromatic heterocycles. The summed E-state index contributed by atoms with van der Waals surface area (Å²) < 4.78 is 49.3. The fourth-order valence-electron chi connectivity index (χ4n) is 2.87. The van der Waals surface area contributed by atoms with Crippen LogP contribution in [0.2, 0.25) is 5.02 Å². The van der Waals surface area contributed by atoms with Gasteiger partial charge in [0.25, 0.3) is 0 Å². The van der Waals surface area contributed by atoms with Gasteiger partial charge in [-0.2, -0.15) is 13.2 Å². The van der Waals surface area contributed by atoms with Crippen molar-refractivity contribution in [1.29, 1.82) is 0 Å². The van der Waals surface area contributed by atoms with E-state index < -0.39 is 28.9 Å². The molecule has 0 saturated carbocycles. The monoisotopic (exact) mass is 523 g/mol. The Morgan fingerprint density at radius 2 is 2.03 bits per heavy atom. The molecule has 1 atom stereocenters. The van der Waals surface area contributed by atoms with Crippen LogP contribution in [0.15, 0.2) is 63.4 Å². The van der Waals surface area contributed by atoms with E-state index in [-0.39, 0.29) is 22.1 Å². The van der Waals surface area contributed by atoms with Gasteiger partial charge in [-0.05, 0) is 62.1 Å². The summed E-state index contributed by atoms with van der Waals surface area (Å²) >= 11 is 13.7. The fourth-order valence-corrected chi connectivity index (χ4v) is 5.02. The molecule has 1 heterocycles. The number of halogens is 5. The molecule has 0 fully saturated rings. The molecule has 32 heavy (non-hydrogen) atoms. The first-order chi connectivity index (χ1) is 14.7. The molecule has 0 N–H and O–H groups in total. The van der Waals surface area contributed by atoms with Crippen molar-refractivity contribution in [2.75, 3.05) is 5.75 Å². The second-order valence-corrected chi connectivity index (χ2v) is 10.9. The summed E-state index contributed by atoms with van der Waals surface area (Å²) in [5.41, 5.74) is -0.0121. The highest BCUT2D eigenvalue weighted by atomic mass is 35.5. The topological polar surface area (TPSA) is 38.7 Å². The standard InChI is InChI=1S/C22H22Cl2F3NO2S2/c1-6-15(9-13(2)23)21(22(25,26)27)11-17(28-32-21)14-7-8-18(16(24)10-14)31-12-19(29)30-20(3,4)5/h6-10H,1-2,11-12H2,3-5H3. The number of benzene rings is 1. The SMILES string of the molecule is C=CC(=CC(=C)Cl)C1(C(F)(F)F)CC(c2ccc(SCC(=O)OC(C)(C)C)c(Cl)c2)=NS1. The number of ether oxygens (including phenoxy) is 1. The van der Waals surface area contributed by atoms with Gasteiger partial charge in [-0.25, -0.2) is 4.40 Å². The second kappa shape index (κ2) is 10.3. The first-order valence-corrected chi connectivity index (χ1v) is 11.9. The molecule has 1 aliphatic rings. The van der Waals surface area contributed by atoms with Crippen LogP contribution < -0.4 is 0 Å². The zero-order valence-electron chi connectivity index (χ0n) is 17.7. The minimum absolute atomic E-state index is 0.0352. The predicted octanol–water partition coefficient (Wildman–Crippen LogP) is 7.78. The lowest BCUT2D eigenvalue weighted by Crippen LogP contribution is -2.42. The number of allylic oxidation sites excluding steroid dienone is 3. The number of alkyl halides is 3. The zero-order chi connectivity index (χ0) is 24.3. The molecule has 0 amide bonds. The lowest BCUT2D eigenvalue weighted by molar-refractivity contribution is -0.151. The van der Waals surface area contributed by atoms with Crippen molar-refractivity contribution in [3.05, 3.63) is 64.7 Å².